The number of benzene rings is 1. The smallest absolute Gasteiger partial charge is 0.291 e. The molecular formula is C23H20N4O3. The molecular weight excluding hydrogens is 380 g/mol. The molecule has 2 aliphatic heterocycles. The molecule has 2 fully saturated rings. The van der Waals surface area contributed by atoms with Crippen molar-refractivity contribution in [2.45, 2.75) is 18.5 Å². The van der Waals surface area contributed by atoms with E-state index < -0.39 is 0 Å². The van der Waals surface area contributed by atoms with Crippen molar-refractivity contribution in [3.8, 4) is 11.3 Å². The average Bonchev–Trinajstić information content (AvgIpc) is 3.15. The third kappa shape index (κ3) is 3.04. The van der Waals surface area contributed by atoms with Gasteiger partial charge in [-0.2, -0.15) is 0 Å². The highest BCUT2D eigenvalue weighted by Gasteiger charge is 2.41. The summed E-state index contributed by atoms with van der Waals surface area (Å²) in [6.45, 7) is 1.90. The summed E-state index contributed by atoms with van der Waals surface area (Å²) in [5.74, 6) is 0.602. The van der Waals surface area contributed by atoms with E-state index in [0.29, 0.717) is 23.5 Å². The maximum absolute atomic E-state index is 12.9. The Hall–Kier alpha value is -3.58. The number of hydrogen-bond acceptors (Lipinski definition) is 6. The van der Waals surface area contributed by atoms with E-state index in [-0.39, 0.29) is 11.7 Å². The second-order valence-electron chi connectivity index (χ2n) is 7.80. The molecule has 7 heteroatoms. The number of furan rings is 2. The van der Waals surface area contributed by atoms with Crippen LogP contribution in [0.1, 0.15) is 17.0 Å². The summed E-state index contributed by atoms with van der Waals surface area (Å²) in [6, 6.07) is 14.4. The first-order valence-corrected chi connectivity index (χ1v) is 10.1. The summed E-state index contributed by atoms with van der Waals surface area (Å²) >= 11 is 0. The summed E-state index contributed by atoms with van der Waals surface area (Å²) in [6.07, 6.45) is 6.22. The molecule has 30 heavy (non-hydrogen) atoms. The van der Waals surface area contributed by atoms with Crippen molar-refractivity contribution in [2.75, 3.05) is 23.3 Å². The highest BCUT2D eigenvalue weighted by Crippen LogP contribution is 2.32. The van der Waals surface area contributed by atoms with Crippen LogP contribution in [0, 0.1) is 0 Å². The van der Waals surface area contributed by atoms with Crippen LogP contribution >= 0.6 is 0 Å². The molecule has 0 spiro atoms. The van der Waals surface area contributed by atoms with E-state index in [0.717, 1.165) is 41.7 Å². The fraction of sp³-hybridized carbons (Fsp3) is 0.217. The Morgan fingerprint density at radius 2 is 2.13 bits per heavy atom. The number of carbonyl (C=O) groups is 1. The second kappa shape index (κ2) is 6.74. The van der Waals surface area contributed by atoms with E-state index in [2.05, 4.69) is 20.5 Å². The maximum atomic E-state index is 12.9. The van der Waals surface area contributed by atoms with Crippen molar-refractivity contribution in [1.29, 1.82) is 0 Å². The zero-order chi connectivity index (χ0) is 20.1. The quantitative estimate of drug-likeness (QED) is 0.505. The zero-order valence-corrected chi connectivity index (χ0v) is 16.2. The van der Waals surface area contributed by atoms with Crippen molar-refractivity contribution in [2.24, 2.45) is 0 Å². The molecule has 0 bridgehead atoms. The van der Waals surface area contributed by atoms with Gasteiger partial charge in [-0.3, -0.25) is 9.78 Å². The number of amides is 1. The Bertz CT molecular complexity index is 1240. The number of anilines is 2. The van der Waals surface area contributed by atoms with Gasteiger partial charge in [0.2, 0.25) is 0 Å². The molecule has 1 amide bonds. The molecule has 2 N–H and O–H groups in total. The van der Waals surface area contributed by atoms with Crippen molar-refractivity contribution < 1.29 is 13.6 Å². The third-order valence-corrected chi connectivity index (χ3v) is 5.89. The van der Waals surface area contributed by atoms with Gasteiger partial charge in [0.25, 0.3) is 5.91 Å². The van der Waals surface area contributed by atoms with E-state index in [1.807, 2.05) is 36.4 Å². The molecule has 6 rings (SSSR count). The minimum Gasteiger partial charge on any atom is -0.464 e. The Morgan fingerprint density at radius 1 is 1.17 bits per heavy atom. The van der Waals surface area contributed by atoms with Crippen molar-refractivity contribution in [1.82, 2.24) is 10.3 Å². The van der Waals surface area contributed by atoms with Gasteiger partial charge in [-0.05, 0) is 48.9 Å². The predicted octanol–water partition coefficient (Wildman–Crippen LogP) is 3.89. The molecule has 2 unspecified atom stereocenters. The van der Waals surface area contributed by atoms with Crippen LogP contribution in [-0.2, 0) is 0 Å². The highest BCUT2D eigenvalue weighted by atomic mass is 16.4. The molecule has 1 aromatic carbocycles. The lowest BCUT2D eigenvalue weighted by Gasteiger charge is -2.29. The number of carbonyl (C=O) groups excluding carboxylic acids is 1. The Kier molecular flexibility index (Phi) is 3.89. The molecule has 0 saturated carbocycles. The second-order valence-corrected chi connectivity index (χ2v) is 7.80. The first-order chi connectivity index (χ1) is 14.7. The van der Waals surface area contributed by atoms with Gasteiger partial charge >= 0.3 is 0 Å². The minimum absolute atomic E-state index is 0.259. The Morgan fingerprint density at radius 3 is 3.07 bits per heavy atom. The normalized spacial score (nSPS) is 20.2. The summed E-state index contributed by atoms with van der Waals surface area (Å²) < 4.78 is 11.2. The van der Waals surface area contributed by atoms with E-state index in [9.17, 15) is 4.79 Å². The van der Waals surface area contributed by atoms with Gasteiger partial charge < -0.3 is 24.4 Å². The molecule has 4 aromatic rings. The van der Waals surface area contributed by atoms with Crippen LogP contribution < -0.4 is 15.5 Å². The van der Waals surface area contributed by atoms with Crippen LogP contribution in [0.15, 0.2) is 70.0 Å². The third-order valence-electron chi connectivity index (χ3n) is 5.89. The fourth-order valence-electron chi connectivity index (χ4n) is 4.20. The van der Waals surface area contributed by atoms with E-state index in [4.69, 9.17) is 8.83 Å². The molecule has 5 heterocycles. The van der Waals surface area contributed by atoms with Crippen molar-refractivity contribution in [3.63, 3.8) is 0 Å². The lowest BCUT2D eigenvalue weighted by atomic mass is 10.1. The predicted molar refractivity (Wildman–Crippen MR) is 114 cm³/mol. The summed E-state index contributed by atoms with van der Waals surface area (Å²) in [7, 11) is 0. The van der Waals surface area contributed by atoms with Crippen LogP contribution in [0.25, 0.3) is 22.3 Å². The Balaban J connectivity index is 1.23. The molecule has 0 radical (unpaired) electrons. The first kappa shape index (κ1) is 17.3. The highest BCUT2D eigenvalue weighted by molar-refractivity contribution is 6.04. The number of rotatable bonds is 4. The zero-order valence-electron chi connectivity index (χ0n) is 16.2. The number of pyridine rings is 1. The molecule has 2 aliphatic rings. The molecule has 2 saturated heterocycles. The number of piperidine rings is 1. The Labute approximate surface area is 172 Å². The van der Waals surface area contributed by atoms with E-state index >= 15 is 0 Å². The SMILES string of the molecule is O=C(Nc1cnccc1N1CCC2NC2C1)c1ccc(-c2ccc3occc3c2)o1. The summed E-state index contributed by atoms with van der Waals surface area (Å²) in [5, 5.41) is 7.44. The molecule has 150 valence electrons. The standard InChI is InChI=1S/C23H20N4O3/c28-23(22-4-3-21(30-22)14-1-2-20-15(11-14)7-10-29-20)26-17-12-24-8-5-19(17)27-9-6-16-18(13-27)25-16/h1-5,7-8,10-12,16,18,25H,6,9,13H2,(H,26,28). The van der Waals surface area contributed by atoms with Crippen LogP contribution in [-0.4, -0.2) is 36.1 Å². The lowest BCUT2D eigenvalue weighted by molar-refractivity contribution is 0.0997. The topological polar surface area (TPSA) is 93.5 Å². The average molecular weight is 400 g/mol. The van der Waals surface area contributed by atoms with Crippen LogP contribution in [0.4, 0.5) is 11.4 Å². The van der Waals surface area contributed by atoms with Gasteiger partial charge in [-0.1, -0.05) is 0 Å². The van der Waals surface area contributed by atoms with E-state index in [1.165, 1.54) is 0 Å². The van der Waals surface area contributed by atoms with E-state index in [1.54, 1.807) is 24.7 Å². The largest absolute Gasteiger partial charge is 0.464 e. The van der Waals surface area contributed by atoms with Crippen molar-refractivity contribution >= 4 is 28.3 Å². The van der Waals surface area contributed by atoms with Gasteiger partial charge in [0.05, 0.1) is 23.8 Å². The van der Waals surface area contributed by atoms with Gasteiger partial charge in [0.15, 0.2) is 5.76 Å². The molecule has 3 aromatic heterocycles. The number of aromatic nitrogens is 1. The van der Waals surface area contributed by atoms with Gasteiger partial charge in [-0.25, -0.2) is 0 Å². The molecule has 2 atom stereocenters. The lowest BCUT2D eigenvalue weighted by Crippen LogP contribution is -2.35. The summed E-state index contributed by atoms with van der Waals surface area (Å²) in [4.78, 5) is 19.4. The maximum Gasteiger partial charge on any atom is 0.291 e. The van der Waals surface area contributed by atoms with Crippen LogP contribution in [0.5, 0.6) is 0 Å². The molecule has 7 nitrogen and oxygen atoms in total. The van der Waals surface area contributed by atoms with Crippen LogP contribution in [0.3, 0.4) is 0 Å². The first-order valence-electron chi connectivity index (χ1n) is 10.1. The summed E-state index contributed by atoms with van der Waals surface area (Å²) in [5.41, 5.74) is 3.39. The monoisotopic (exact) mass is 400 g/mol. The number of fused-ring (bicyclic) bond motifs is 2. The number of hydrogen-bond donors (Lipinski definition) is 2. The molecule has 0 aliphatic carbocycles. The number of nitrogens with one attached hydrogen (secondary N) is 2. The minimum atomic E-state index is -0.292. The van der Waals surface area contributed by atoms with Crippen LogP contribution in [0.2, 0.25) is 0 Å². The number of nitrogens with zero attached hydrogens (tertiary/aromatic N) is 2. The fourth-order valence-corrected chi connectivity index (χ4v) is 4.20. The van der Waals surface area contributed by atoms with Gasteiger partial charge in [-0.15, -0.1) is 0 Å². The van der Waals surface area contributed by atoms with Crippen molar-refractivity contribution in [3.05, 3.63) is 66.9 Å². The van der Waals surface area contributed by atoms with Gasteiger partial charge in [0.1, 0.15) is 11.3 Å². The van der Waals surface area contributed by atoms with Gasteiger partial charge in [0, 0.05) is 42.3 Å².